The van der Waals surface area contributed by atoms with Gasteiger partial charge in [0.2, 0.25) is 5.91 Å². The minimum atomic E-state index is -0.0405. The zero-order chi connectivity index (χ0) is 20.1. The summed E-state index contributed by atoms with van der Waals surface area (Å²) in [4.78, 5) is 13.4. The van der Waals surface area contributed by atoms with E-state index in [4.69, 9.17) is 4.74 Å². The Morgan fingerprint density at radius 2 is 2.17 bits per heavy atom. The van der Waals surface area contributed by atoms with E-state index in [9.17, 15) is 9.90 Å². The summed E-state index contributed by atoms with van der Waals surface area (Å²) in [6.45, 7) is 1.95. The molecule has 1 aromatic carbocycles. The largest absolute Gasteiger partial charge is 0.508 e. The second-order valence-electron chi connectivity index (χ2n) is 6.74. The van der Waals surface area contributed by atoms with Crippen LogP contribution < -0.4 is 5.32 Å². The molecule has 2 aromatic heterocycles. The number of carbonyl (C=O) groups is 1. The molecule has 1 amide bonds. The maximum atomic E-state index is 12.2. The van der Waals surface area contributed by atoms with Gasteiger partial charge in [0.05, 0.1) is 24.9 Å². The van der Waals surface area contributed by atoms with Crippen molar-refractivity contribution >= 4 is 29.0 Å². The molecule has 3 aromatic rings. The number of aromatic hydroxyl groups is 1. The molecule has 2 N–H and O–H groups in total. The lowest BCUT2D eigenvalue weighted by Gasteiger charge is -2.14. The lowest BCUT2D eigenvalue weighted by molar-refractivity contribution is -0.118. The molecule has 0 aliphatic carbocycles. The number of amides is 1. The molecule has 0 saturated carbocycles. The number of phenols is 1. The first-order valence-corrected chi connectivity index (χ1v) is 11.3. The molecular formula is C20H22N4O3S2. The first-order valence-electron chi connectivity index (χ1n) is 9.45. The van der Waals surface area contributed by atoms with Crippen LogP contribution in [0.4, 0.5) is 0 Å². The number of ether oxygens (including phenoxy) is 1. The molecule has 29 heavy (non-hydrogen) atoms. The summed E-state index contributed by atoms with van der Waals surface area (Å²) in [5.74, 6) is 1.14. The maximum absolute atomic E-state index is 12.2. The van der Waals surface area contributed by atoms with Crippen molar-refractivity contribution in [1.29, 1.82) is 0 Å². The summed E-state index contributed by atoms with van der Waals surface area (Å²) in [6, 6.07) is 10.9. The van der Waals surface area contributed by atoms with Crippen molar-refractivity contribution < 1.29 is 14.6 Å². The van der Waals surface area contributed by atoms with Gasteiger partial charge in [-0.05, 0) is 48.6 Å². The van der Waals surface area contributed by atoms with E-state index in [-0.39, 0.29) is 23.5 Å². The van der Waals surface area contributed by atoms with E-state index in [1.165, 1.54) is 11.8 Å². The minimum Gasteiger partial charge on any atom is -0.508 e. The molecule has 0 spiro atoms. The van der Waals surface area contributed by atoms with E-state index < -0.39 is 0 Å². The Morgan fingerprint density at radius 1 is 1.31 bits per heavy atom. The monoisotopic (exact) mass is 430 g/mol. The Balaban J connectivity index is 1.46. The van der Waals surface area contributed by atoms with Crippen molar-refractivity contribution in [2.45, 2.75) is 37.2 Å². The molecule has 0 unspecified atom stereocenters. The molecule has 4 rings (SSSR count). The van der Waals surface area contributed by atoms with Crippen molar-refractivity contribution in [3.8, 4) is 17.1 Å². The number of thioether (sulfide) groups is 1. The number of carbonyl (C=O) groups excluding carboxylic acids is 1. The highest BCUT2D eigenvalue weighted by Gasteiger charge is 2.22. The third-order valence-electron chi connectivity index (χ3n) is 4.62. The molecule has 7 nitrogen and oxygen atoms in total. The number of aromatic nitrogens is 3. The maximum Gasteiger partial charge on any atom is 0.230 e. The van der Waals surface area contributed by atoms with E-state index in [1.54, 1.807) is 23.5 Å². The lowest BCUT2D eigenvalue weighted by atomic mass is 10.2. The Bertz CT molecular complexity index is 935. The van der Waals surface area contributed by atoms with Crippen LogP contribution in [0.5, 0.6) is 5.75 Å². The molecular weight excluding hydrogens is 408 g/mol. The molecule has 152 valence electrons. The fourth-order valence-electron chi connectivity index (χ4n) is 3.16. The summed E-state index contributed by atoms with van der Waals surface area (Å²) in [7, 11) is 0. The van der Waals surface area contributed by atoms with Gasteiger partial charge in [0, 0.05) is 17.0 Å². The van der Waals surface area contributed by atoms with Gasteiger partial charge >= 0.3 is 0 Å². The number of hydrogen-bond acceptors (Lipinski definition) is 7. The molecule has 0 bridgehead atoms. The van der Waals surface area contributed by atoms with E-state index in [0.29, 0.717) is 24.1 Å². The predicted molar refractivity (Wildman–Crippen MR) is 113 cm³/mol. The van der Waals surface area contributed by atoms with Gasteiger partial charge in [0.1, 0.15) is 5.75 Å². The molecule has 0 radical (unpaired) electrons. The Kier molecular flexibility index (Phi) is 6.48. The molecule has 1 aliphatic heterocycles. The first-order chi connectivity index (χ1) is 14.2. The number of phenolic OH excluding ortho intramolecular Hbond substituents is 1. The standard InChI is InChI=1S/C20H22N4O3S2/c25-15-7-5-14(6-8-15)19-22-23-20(24(19)12-16-3-1-9-27-16)29-13-18(26)21-11-17-4-2-10-28-17/h2,4-8,10,16,25H,1,3,9,11-13H2,(H,21,26)/t16-/m0/s1. The number of hydrogen-bond donors (Lipinski definition) is 2. The second kappa shape index (κ2) is 9.43. The van der Waals surface area contributed by atoms with Crippen molar-refractivity contribution in [3.05, 3.63) is 46.7 Å². The van der Waals surface area contributed by atoms with Crippen molar-refractivity contribution in [3.63, 3.8) is 0 Å². The van der Waals surface area contributed by atoms with Crippen LogP contribution in [-0.2, 0) is 22.6 Å². The summed E-state index contributed by atoms with van der Waals surface area (Å²) in [6.07, 6.45) is 2.17. The van der Waals surface area contributed by atoms with Gasteiger partial charge in [0.15, 0.2) is 11.0 Å². The summed E-state index contributed by atoms with van der Waals surface area (Å²) < 4.78 is 7.81. The van der Waals surface area contributed by atoms with Gasteiger partial charge in [-0.1, -0.05) is 17.8 Å². The number of benzene rings is 1. The van der Waals surface area contributed by atoms with E-state index in [0.717, 1.165) is 29.9 Å². The van der Waals surface area contributed by atoms with Gasteiger partial charge in [-0.25, -0.2) is 0 Å². The highest BCUT2D eigenvalue weighted by Crippen LogP contribution is 2.27. The predicted octanol–water partition coefficient (Wildman–Crippen LogP) is 3.30. The van der Waals surface area contributed by atoms with E-state index >= 15 is 0 Å². The molecule has 1 aliphatic rings. The Hall–Kier alpha value is -2.36. The average molecular weight is 431 g/mol. The first kappa shape index (κ1) is 19.9. The Morgan fingerprint density at radius 3 is 2.90 bits per heavy atom. The smallest absolute Gasteiger partial charge is 0.230 e. The average Bonchev–Trinajstić information content (AvgIpc) is 3.49. The van der Waals surface area contributed by atoms with E-state index in [2.05, 4.69) is 15.5 Å². The topological polar surface area (TPSA) is 89.3 Å². The van der Waals surface area contributed by atoms with Crippen LogP contribution >= 0.6 is 23.1 Å². The quantitative estimate of drug-likeness (QED) is 0.533. The third kappa shape index (κ3) is 5.17. The minimum absolute atomic E-state index is 0.0405. The van der Waals surface area contributed by atoms with Crippen LogP contribution in [0.1, 0.15) is 17.7 Å². The highest BCUT2D eigenvalue weighted by atomic mass is 32.2. The fraction of sp³-hybridized carbons (Fsp3) is 0.350. The molecule has 1 fully saturated rings. The van der Waals surface area contributed by atoms with Crippen LogP contribution in [0.2, 0.25) is 0 Å². The normalized spacial score (nSPS) is 16.2. The fourth-order valence-corrected chi connectivity index (χ4v) is 4.58. The zero-order valence-corrected chi connectivity index (χ0v) is 17.4. The summed E-state index contributed by atoms with van der Waals surface area (Å²) in [5, 5.41) is 23.8. The van der Waals surface area contributed by atoms with Crippen LogP contribution in [0.25, 0.3) is 11.4 Å². The van der Waals surface area contributed by atoms with Crippen molar-refractivity contribution in [2.75, 3.05) is 12.4 Å². The third-order valence-corrected chi connectivity index (χ3v) is 6.47. The molecule has 1 saturated heterocycles. The van der Waals surface area contributed by atoms with Gasteiger partial charge < -0.3 is 15.2 Å². The number of rotatable bonds is 8. The van der Waals surface area contributed by atoms with Gasteiger partial charge in [-0.3, -0.25) is 9.36 Å². The number of nitrogens with zero attached hydrogens (tertiary/aromatic N) is 3. The van der Waals surface area contributed by atoms with Gasteiger partial charge in [-0.15, -0.1) is 21.5 Å². The van der Waals surface area contributed by atoms with Gasteiger partial charge in [-0.2, -0.15) is 0 Å². The number of thiophene rings is 1. The summed E-state index contributed by atoms with van der Waals surface area (Å²) in [5.41, 5.74) is 0.863. The second-order valence-corrected chi connectivity index (χ2v) is 8.72. The van der Waals surface area contributed by atoms with Crippen LogP contribution in [0.15, 0.2) is 46.9 Å². The zero-order valence-electron chi connectivity index (χ0n) is 15.8. The summed E-state index contributed by atoms with van der Waals surface area (Å²) >= 11 is 2.99. The highest BCUT2D eigenvalue weighted by molar-refractivity contribution is 7.99. The van der Waals surface area contributed by atoms with Crippen LogP contribution in [0.3, 0.4) is 0 Å². The SMILES string of the molecule is O=C(CSc1nnc(-c2ccc(O)cc2)n1C[C@@H]1CCCO1)NCc1cccs1. The molecule has 3 heterocycles. The molecule has 1 atom stereocenters. The number of nitrogens with one attached hydrogen (secondary N) is 1. The van der Waals surface area contributed by atoms with E-state index in [1.807, 2.05) is 34.2 Å². The lowest BCUT2D eigenvalue weighted by Crippen LogP contribution is -2.24. The Labute approximate surface area is 177 Å². The van der Waals surface area contributed by atoms with Crippen molar-refractivity contribution in [1.82, 2.24) is 20.1 Å². The van der Waals surface area contributed by atoms with Gasteiger partial charge in [0.25, 0.3) is 0 Å². The molecule has 9 heteroatoms. The van der Waals surface area contributed by atoms with Crippen LogP contribution in [-0.4, -0.2) is 44.2 Å². The van der Waals surface area contributed by atoms with Crippen molar-refractivity contribution in [2.24, 2.45) is 0 Å². The van der Waals surface area contributed by atoms with Crippen LogP contribution in [0, 0.1) is 0 Å².